The first kappa shape index (κ1) is 17.5. The van der Waals surface area contributed by atoms with Crippen LogP contribution in [0, 0.1) is 0 Å². The summed E-state index contributed by atoms with van der Waals surface area (Å²) in [7, 11) is 0. The minimum absolute atomic E-state index is 0.135. The summed E-state index contributed by atoms with van der Waals surface area (Å²) >= 11 is 7.67. The first-order chi connectivity index (χ1) is 11.0. The number of halogens is 1. The zero-order valence-electron chi connectivity index (χ0n) is 13.0. The van der Waals surface area contributed by atoms with Crippen molar-refractivity contribution in [1.29, 1.82) is 0 Å². The minimum Gasteiger partial charge on any atom is -0.349 e. The maximum absolute atomic E-state index is 12.3. The number of thiophene rings is 1. The van der Waals surface area contributed by atoms with Gasteiger partial charge in [0.05, 0.1) is 18.5 Å². The third kappa shape index (κ3) is 5.08. The number of amides is 2. The second kappa shape index (κ2) is 8.13. The summed E-state index contributed by atoms with van der Waals surface area (Å²) < 4.78 is 0. The van der Waals surface area contributed by atoms with Crippen molar-refractivity contribution in [1.82, 2.24) is 10.6 Å². The number of nitrogens with one attached hydrogen (secondary N) is 2. The fraction of sp³-hybridized carbons (Fsp3) is 0.294. The van der Waals surface area contributed by atoms with Crippen molar-refractivity contribution in [3.8, 4) is 0 Å². The molecule has 2 N–H and O–H groups in total. The van der Waals surface area contributed by atoms with E-state index in [1.165, 1.54) is 18.3 Å². The van der Waals surface area contributed by atoms with Crippen molar-refractivity contribution in [3.63, 3.8) is 0 Å². The van der Waals surface area contributed by atoms with Crippen LogP contribution >= 0.6 is 22.9 Å². The minimum atomic E-state index is -0.314. The van der Waals surface area contributed by atoms with Gasteiger partial charge in [-0.15, -0.1) is 11.3 Å². The summed E-state index contributed by atoms with van der Waals surface area (Å²) in [5.74, 6) is -0.292. The smallest absolute Gasteiger partial charge is 0.222 e. The fourth-order valence-electron chi connectivity index (χ4n) is 2.35. The van der Waals surface area contributed by atoms with Crippen molar-refractivity contribution in [2.24, 2.45) is 0 Å². The van der Waals surface area contributed by atoms with E-state index in [0.29, 0.717) is 5.02 Å². The van der Waals surface area contributed by atoms with Crippen LogP contribution in [0.5, 0.6) is 0 Å². The van der Waals surface area contributed by atoms with Crippen LogP contribution in [0.25, 0.3) is 0 Å². The summed E-state index contributed by atoms with van der Waals surface area (Å²) in [5, 5.41) is 8.30. The molecule has 0 aliphatic rings. The highest BCUT2D eigenvalue weighted by Gasteiger charge is 2.20. The molecule has 0 spiro atoms. The summed E-state index contributed by atoms with van der Waals surface area (Å²) in [5.41, 5.74) is 0.870. The van der Waals surface area contributed by atoms with Crippen LogP contribution in [-0.4, -0.2) is 11.8 Å². The molecule has 0 aliphatic carbocycles. The zero-order valence-corrected chi connectivity index (χ0v) is 14.6. The number of rotatable bonds is 6. The van der Waals surface area contributed by atoms with Crippen LogP contribution in [0.4, 0.5) is 0 Å². The van der Waals surface area contributed by atoms with Crippen LogP contribution in [0.2, 0.25) is 5.02 Å². The van der Waals surface area contributed by atoms with Crippen LogP contribution < -0.4 is 10.6 Å². The summed E-state index contributed by atoms with van der Waals surface area (Å²) in [4.78, 5) is 24.6. The molecule has 0 radical (unpaired) electrons. The van der Waals surface area contributed by atoms with E-state index in [9.17, 15) is 9.59 Å². The number of hydrogen-bond acceptors (Lipinski definition) is 3. The Balaban J connectivity index is 2.02. The molecule has 2 rings (SSSR count). The van der Waals surface area contributed by atoms with Gasteiger partial charge in [-0.05, 0) is 30.0 Å². The standard InChI is InChI=1S/C17H19ClN2O2S/c1-11(13-6-3-4-7-14(13)18)19-17(22)10-15(20-12(2)21)16-8-5-9-23-16/h3-9,11,15H,10H2,1-2H3,(H,19,22)(H,20,21)/t11-,15-/m1/s1. The Kier molecular flexibility index (Phi) is 6.19. The van der Waals surface area contributed by atoms with Crippen molar-refractivity contribution < 1.29 is 9.59 Å². The third-order valence-electron chi connectivity index (χ3n) is 3.40. The predicted octanol–water partition coefficient (Wildman–Crippen LogP) is 3.85. The lowest BCUT2D eigenvalue weighted by Crippen LogP contribution is -2.33. The molecule has 1 aromatic heterocycles. The van der Waals surface area contributed by atoms with Gasteiger partial charge >= 0.3 is 0 Å². The molecule has 0 saturated heterocycles. The molecule has 4 nitrogen and oxygen atoms in total. The van der Waals surface area contributed by atoms with E-state index in [0.717, 1.165) is 10.4 Å². The van der Waals surface area contributed by atoms with Crippen molar-refractivity contribution in [3.05, 3.63) is 57.2 Å². The molecule has 6 heteroatoms. The van der Waals surface area contributed by atoms with Gasteiger partial charge in [0, 0.05) is 16.8 Å². The zero-order chi connectivity index (χ0) is 16.8. The lowest BCUT2D eigenvalue weighted by Gasteiger charge is -2.19. The molecule has 0 unspecified atom stereocenters. The maximum Gasteiger partial charge on any atom is 0.222 e. The van der Waals surface area contributed by atoms with Crippen LogP contribution in [-0.2, 0) is 9.59 Å². The van der Waals surface area contributed by atoms with E-state index >= 15 is 0 Å². The summed E-state index contributed by atoms with van der Waals surface area (Å²) in [6.45, 7) is 3.34. The fourth-order valence-corrected chi connectivity index (χ4v) is 3.42. The van der Waals surface area contributed by atoms with Crippen LogP contribution in [0.1, 0.15) is 42.8 Å². The molecule has 0 saturated carbocycles. The number of carbonyl (C=O) groups is 2. The highest BCUT2D eigenvalue weighted by molar-refractivity contribution is 7.10. The molecular formula is C17H19ClN2O2S. The van der Waals surface area contributed by atoms with E-state index in [1.54, 1.807) is 6.07 Å². The van der Waals surface area contributed by atoms with Gasteiger partial charge in [-0.2, -0.15) is 0 Å². The Morgan fingerprint density at radius 2 is 1.91 bits per heavy atom. The van der Waals surface area contributed by atoms with Gasteiger partial charge in [-0.3, -0.25) is 9.59 Å². The molecule has 0 bridgehead atoms. The Morgan fingerprint density at radius 3 is 2.52 bits per heavy atom. The Labute approximate surface area is 144 Å². The van der Waals surface area contributed by atoms with E-state index in [-0.39, 0.29) is 30.3 Å². The molecule has 23 heavy (non-hydrogen) atoms. The van der Waals surface area contributed by atoms with E-state index in [2.05, 4.69) is 10.6 Å². The van der Waals surface area contributed by atoms with Gasteiger partial charge in [0.1, 0.15) is 0 Å². The van der Waals surface area contributed by atoms with Gasteiger partial charge in [-0.1, -0.05) is 35.9 Å². The van der Waals surface area contributed by atoms with Crippen molar-refractivity contribution in [2.45, 2.75) is 32.4 Å². The van der Waals surface area contributed by atoms with Gasteiger partial charge in [-0.25, -0.2) is 0 Å². The lowest BCUT2D eigenvalue weighted by molar-refractivity contribution is -0.123. The average molecular weight is 351 g/mol. The largest absolute Gasteiger partial charge is 0.349 e. The van der Waals surface area contributed by atoms with Gasteiger partial charge in [0.2, 0.25) is 11.8 Å². The van der Waals surface area contributed by atoms with Gasteiger partial charge < -0.3 is 10.6 Å². The van der Waals surface area contributed by atoms with Crippen LogP contribution in [0.3, 0.4) is 0 Å². The number of carbonyl (C=O) groups excluding carboxylic acids is 2. The Morgan fingerprint density at radius 1 is 1.17 bits per heavy atom. The highest BCUT2D eigenvalue weighted by atomic mass is 35.5. The third-order valence-corrected chi connectivity index (χ3v) is 4.73. The summed E-state index contributed by atoms with van der Waals surface area (Å²) in [6, 6.07) is 10.7. The maximum atomic E-state index is 12.3. The van der Waals surface area contributed by atoms with E-state index < -0.39 is 0 Å². The Hall–Kier alpha value is -1.85. The second-order valence-electron chi connectivity index (χ2n) is 5.28. The average Bonchev–Trinajstić information content (AvgIpc) is 3.00. The normalized spacial score (nSPS) is 13.2. The first-order valence-electron chi connectivity index (χ1n) is 7.31. The SMILES string of the molecule is CC(=O)N[C@H](CC(=O)N[C@H](C)c1ccccc1Cl)c1cccs1. The summed E-state index contributed by atoms with van der Waals surface area (Å²) in [6.07, 6.45) is 0.189. The molecular weight excluding hydrogens is 332 g/mol. The number of benzene rings is 1. The monoisotopic (exact) mass is 350 g/mol. The van der Waals surface area contributed by atoms with Crippen LogP contribution in [0.15, 0.2) is 41.8 Å². The second-order valence-corrected chi connectivity index (χ2v) is 6.67. The molecule has 122 valence electrons. The lowest BCUT2D eigenvalue weighted by atomic mass is 10.1. The first-order valence-corrected chi connectivity index (χ1v) is 8.57. The topological polar surface area (TPSA) is 58.2 Å². The van der Waals surface area contributed by atoms with Gasteiger partial charge in [0.15, 0.2) is 0 Å². The van der Waals surface area contributed by atoms with Gasteiger partial charge in [0.25, 0.3) is 0 Å². The molecule has 2 amide bonds. The van der Waals surface area contributed by atoms with E-state index in [4.69, 9.17) is 11.6 Å². The molecule has 1 heterocycles. The van der Waals surface area contributed by atoms with Crippen molar-refractivity contribution >= 4 is 34.8 Å². The molecule has 1 aromatic carbocycles. The molecule has 2 aromatic rings. The molecule has 0 aliphatic heterocycles. The Bertz CT molecular complexity index is 673. The van der Waals surface area contributed by atoms with E-state index in [1.807, 2.05) is 42.6 Å². The number of hydrogen-bond donors (Lipinski definition) is 2. The molecule has 0 fully saturated rings. The quantitative estimate of drug-likeness (QED) is 0.831. The molecule has 2 atom stereocenters. The predicted molar refractivity (Wildman–Crippen MR) is 93.5 cm³/mol. The van der Waals surface area contributed by atoms with Crippen molar-refractivity contribution in [2.75, 3.05) is 0 Å². The highest BCUT2D eigenvalue weighted by Crippen LogP contribution is 2.24.